The Morgan fingerprint density at radius 2 is 0.938 bits per heavy atom. The highest BCUT2D eigenvalue weighted by Crippen LogP contribution is 2.46. The van der Waals surface area contributed by atoms with Crippen molar-refractivity contribution in [3.8, 4) is 0 Å². The molecule has 190 valence electrons. The fraction of sp³-hybridized carbons (Fsp3) is 0.867. The predicted octanol–water partition coefficient (Wildman–Crippen LogP) is 10.1. The molecule has 2 heterocycles. The molecule has 0 fully saturated rings. The molecular formula is C30H58O2. The number of hydrogen-bond donors (Lipinski definition) is 0. The van der Waals surface area contributed by atoms with Gasteiger partial charge in [0.15, 0.2) is 0 Å². The van der Waals surface area contributed by atoms with Gasteiger partial charge in [-0.1, -0.05) is 111 Å². The molecule has 0 radical (unpaired) electrons. The van der Waals surface area contributed by atoms with Crippen molar-refractivity contribution in [1.29, 1.82) is 0 Å². The second-order valence-corrected chi connectivity index (χ2v) is 13.7. The molecule has 0 saturated carbocycles. The standard InChI is InChI=1S/C15H28O.C14H26O.CH4/c1-8-9-11-10-12(14(2,3)4)13(16-11)15(5,6)7;1-8-10-9-11(13(2,3)4)12(15-10)14(5,6)7;/h11H,8-10H2,1-7H3;10H,8-9H2,1-7H3;1H4. The Morgan fingerprint density at radius 3 is 1.19 bits per heavy atom. The van der Waals surface area contributed by atoms with Gasteiger partial charge in [-0.3, -0.25) is 0 Å². The van der Waals surface area contributed by atoms with Crippen molar-refractivity contribution in [2.24, 2.45) is 21.7 Å². The molecule has 2 aliphatic rings. The molecule has 0 aromatic heterocycles. The van der Waals surface area contributed by atoms with E-state index in [-0.39, 0.29) is 29.1 Å². The van der Waals surface area contributed by atoms with Crippen molar-refractivity contribution in [1.82, 2.24) is 0 Å². The summed E-state index contributed by atoms with van der Waals surface area (Å²) in [6.07, 6.45) is 6.58. The summed E-state index contributed by atoms with van der Waals surface area (Å²) in [7, 11) is 0. The Hall–Kier alpha value is -0.920. The Morgan fingerprint density at radius 1 is 0.594 bits per heavy atom. The summed E-state index contributed by atoms with van der Waals surface area (Å²) in [5, 5.41) is 0. The lowest BCUT2D eigenvalue weighted by Crippen LogP contribution is -2.17. The average Bonchev–Trinajstić information content (AvgIpc) is 3.18. The van der Waals surface area contributed by atoms with Gasteiger partial charge in [-0.2, -0.15) is 0 Å². The first kappa shape index (κ1) is 31.1. The van der Waals surface area contributed by atoms with Crippen LogP contribution in [0.3, 0.4) is 0 Å². The van der Waals surface area contributed by atoms with E-state index < -0.39 is 0 Å². The molecule has 0 spiro atoms. The third kappa shape index (κ3) is 8.45. The quantitative estimate of drug-likeness (QED) is 0.425. The van der Waals surface area contributed by atoms with Crippen LogP contribution in [0, 0.1) is 21.7 Å². The topological polar surface area (TPSA) is 18.5 Å². The number of ether oxygens (including phenoxy) is 2. The molecule has 0 aliphatic carbocycles. The lowest BCUT2D eigenvalue weighted by molar-refractivity contribution is 0.0959. The molecule has 0 aromatic rings. The summed E-state index contributed by atoms with van der Waals surface area (Å²) in [4.78, 5) is 0. The van der Waals surface area contributed by atoms with Crippen molar-refractivity contribution >= 4 is 0 Å². The lowest BCUT2D eigenvalue weighted by atomic mass is 9.78. The molecule has 2 aliphatic heterocycles. The van der Waals surface area contributed by atoms with E-state index in [1.54, 1.807) is 0 Å². The van der Waals surface area contributed by atoms with Crippen LogP contribution in [0.15, 0.2) is 22.7 Å². The highest BCUT2D eigenvalue weighted by molar-refractivity contribution is 5.26. The monoisotopic (exact) mass is 450 g/mol. The SMILES string of the molecule is C.CCC1CC(C(C)(C)C)=C(C(C)(C)C)O1.CCCC1CC(C(C)(C)C)=C(C(C)(C)C)O1. The largest absolute Gasteiger partial charge is 0.494 e. The Labute approximate surface area is 202 Å². The maximum Gasteiger partial charge on any atom is 0.102 e. The van der Waals surface area contributed by atoms with E-state index in [0.717, 1.165) is 19.3 Å². The number of allylic oxidation sites excluding steroid dienone is 2. The minimum atomic E-state index is 0. The van der Waals surface area contributed by atoms with Crippen LogP contribution >= 0.6 is 0 Å². The molecule has 2 atom stereocenters. The van der Waals surface area contributed by atoms with E-state index in [9.17, 15) is 0 Å². The highest BCUT2D eigenvalue weighted by atomic mass is 16.5. The summed E-state index contributed by atoms with van der Waals surface area (Å²) in [5.74, 6) is 2.49. The lowest BCUT2D eigenvalue weighted by Gasteiger charge is -2.27. The first-order valence-electron chi connectivity index (χ1n) is 12.6. The van der Waals surface area contributed by atoms with Crippen molar-refractivity contribution in [2.75, 3.05) is 0 Å². The molecule has 0 N–H and O–H groups in total. The van der Waals surface area contributed by atoms with Gasteiger partial charge in [0.1, 0.15) is 23.7 Å². The number of rotatable bonds is 3. The third-order valence-electron chi connectivity index (χ3n) is 6.22. The first-order valence-corrected chi connectivity index (χ1v) is 12.6. The molecule has 2 nitrogen and oxygen atoms in total. The summed E-state index contributed by atoms with van der Waals surface area (Å²) >= 11 is 0. The maximum absolute atomic E-state index is 6.19. The first-order chi connectivity index (χ1) is 13.8. The zero-order valence-corrected chi connectivity index (χ0v) is 23.5. The molecule has 0 saturated heterocycles. The summed E-state index contributed by atoms with van der Waals surface area (Å²) in [6.45, 7) is 31.7. The van der Waals surface area contributed by atoms with Gasteiger partial charge in [0, 0.05) is 23.7 Å². The van der Waals surface area contributed by atoms with E-state index in [0.29, 0.717) is 12.2 Å². The molecule has 2 heteroatoms. The molecular weight excluding hydrogens is 392 g/mol. The normalized spacial score (nSPS) is 22.2. The Balaban J connectivity index is 0.000000584. The number of hydrogen-bond acceptors (Lipinski definition) is 2. The second kappa shape index (κ2) is 11.0. The van der Waals surface area contributed by atoms with Crippen LogP contribution < -0.4 is 0 Å². The van der Waals surface area contributed by atoms with Crippen LogP contribution in [0.4, 0.5) is 0 Å². The van der Waals surface area contributed by atoms with Crippen molar-refractivity contribution < 1.29 is 9.47 Å². The molecule has 2 rings (SSSR count). The molecule has 32 heavy (non-hydrogen) atoms. The van der Waals surface area contributed by atoms with Gasteiger partial charge in [-0.25, -0.2) is 0 Å². The molecule has 0 aromatic carbocycles. The third-order valence-corrected chi connectivity index (χ3v) is 6.22. The van der Waals surface area contributed by atoms with Crippen molar-refractivity contribution in [2.45, 2.75) is 149 Å². The Bertz CT molecular complexity index is 599. The van der Waals surface area contributed by atoms with Crippen LogP contribution in [-0.4, -0.2) is 12.2 Å². The highest BCUT2D eigenvalue weighted by Gasteiger charge is 2.38. The van der Waals surface area contributed by atoms with Gasteiger partial charge in [0.25, 0.3) is 0 Å². The minimum Gasteiger partial charge on any atom is -0.494 e. The summed E-state index contributed by atoms with van der Waals surface area (Å²) in [6, 6.07) is 0. The minimum absolute atomic E-state index is 0. The summed E-state index contributed by atoms with van der Waals surface area (Å²) < 4.78 is 12.3. The van der Waals surface area contributed by atoms with Crippen LogP contribution in [0.1, 0.15) is 136 Å². The van der Waals surface area contributed by atoms with Crippen LogP contribution in [0.25, 0.3) is 0 Å². The van der Waals surface area contributed by atoms with Gasteiger partial charge in [-0.15, -0.1) is 0 Å². The van der Waals surface area contributed by atoms with Gasteiger partial charge < -0.3 is 9.47 Å². The van der Waals surface area contributed by atoms with Gasteiger partial charge in [0.05, 0.1) is 0 Å². The fourth-order valence-corrected chi connectivity index (χ4v) is 4.46. The van der Waals surface area contributed by atoms with Gasteiger partial charge >= 0.3 is 0 Å². The van der Waals surface area contributed by atoms with E-state index in [1.165, 1.54) is 35.5 Å². The smallest absolute Gasteiger partial charge is 0.102 e. The van der Waals surface area contributed by atoms with Crippen LogP contribution in [-0.2, 0) is 9.47 Å². The van der Waals surface area contributed by atoms with E-state index in [4.69, 9.17) is 9.47 Å². The second-order valence-electron chi connectivity index (χ2n) is 13.7. The maximum atomic E-state index is 6.19. The summed E-state index contributed by atoms with van der Waals surface area (Å²) in [5.41, 5.74) is 3.82. The van der Waals surface area contributed by atoms with Gasteiger partial charge in [0.2, 0.25) is 0 Å². The zero-order valence-electron chi connectivity index (χ0n) is 23.5. The Kier molecular flexibility index (Phi) is 10.7. The van der Waals surface area contributed by atoms with Crippen molar-refractivity contribution in [3.05, 3.63) is 22.7 Å². The predicted molar refractivity (Wildman–Crippen MR) is 143 cm³/mol. The van der Waals surface area contributed by atoms with Gasteiger partial charge in [-0.05, 0) is 34.8 Å². The van der Waals surface area contributed by atoms with E-state index in [1.807, 2.05) is 0 Å². The van der Waals surface area contributed by atoms with Crippen LogP contribution in [0.2, 0.25) is 0 Å². The molecule has 2 unspecified atom stereocenters. The molecule has 0 amide bonds. The van der Waals surface area contributed by atoms with E-state index in [2.05, 4.69) is 96.9 Å². The average molecular weight is 451 g/mol. The van der Waals surface area contributed by atoms with E-state index >= 15 is 0 Å². The van der Waals surface area contributed by atoms with Crippen molar-refractivity contribution in [3.63, 3.8) is 0 Å². The van der Waals surface area contributed by atoms with Crippen LogP contribution in [0.5, 0.6) is 0 Å². The zero-order chi connectivity index (χ0) is 24.4. The fourth-order valence-electron chi connectivity index (χ4n) is 4.46. The molecule has 0 bridgehead atoms.